The van der Waals surface area contributed by atoms with Crippen molar-refractivity contribution in [2.24, 2.45) is 5.73 Å². The molecule has 1 saturated heterocycles. The summed E-state index contributed by atoms with van der Waals surface area (Å²) in [6, 6.07) is 3.86. The number of hydrogen-bond donors (Lipinski definition) is 1. The lowest BCUT2D eigenvalue weighted by molar-refractivity contribution is -0.137. The van der Waals surface area contributed by atoms with E-state index in [-0.39, 0.29) is 6.42 Å². The smallest absolute Gasteiger partial charge is 0.369 e. The second kappa shape index (κ2) is 7.81. The Balaban J connectivity index is 2.02. The van der Waals surface area contributed by atoms with Gasteiger partial charge in [0.15, 0.2) is 0 Å². The highest BCUT2D eigenvalue weighted by molar-refractivity contribution is 5.76. The fourth-order valence-corrected chi connectivity index (χ4v) is 3.06. The molecule has 0 atom stereocenters. The van der Waals surface area contributed by atoms with E-state index in [1.807, 2.05) is 0 Å². The number of alkyl halides is 3. The molecule has 0 radical (unpaired) electrons. The molecule has 2 rings (SSSR count). The van der Waals surface area contributed by atoms with Gasteiger partial charge in [-0.05, 0) is 68.6 Å². The third kappa shape index (κ3) is 5.86. The van der Waals surface area contributed by atoms with Gasteiger partial charge in [0.05, 0.1) is 12.0 Å². The van der Waals surface area contributed by atoms with Crippen LogP contribution < -0.4 is 5.73 Å². The van der Waals surface area contributed by atoms with Crippen molar-refractivity contribution in [1.82, 2.24) is 4.90 Å². The summed E-state index contributed by atoms with van der Waals surface area (Å²) in [5, 5.41) is 0. The molecule has 1 aromatic rings. The molecular formula is C17H23F3N2O. The quantitative estimate of drug-likeness (QED) is 0.872. The van der Waals surface area contributed by atoms with Crippen LogP contribution in [0.25, 0.3) is 0 Å². The minimum Gasteiger partial charge on any atom is -0.369 e. The molecule has 0 bridgehead atoms. The Morgan fingerprint density at radius 2 is 1.74 bits per heavy atom. The fraction of sp³-hybridized carbons (Fsp3) is 0.588. The number of carbonyl (C=O) groups is 1. The van der Waals surface area contributed by atoms with Gasteiger partial charge in [0.2, 0.25) is 5.91 Å². The Kier molecular flexibility index (Phi) is 6.04. The summed E-state index contributed by atoms with van der Waals surface area (Å²) in [6.45, 7) is 3.06. The van der Waals surface area contributed by atoms with Gasteiger partial charge in [-0.15, -0.1) is 0 Å². The molecule has 1 amide bonds. The van der Waals surface area contributed by atoms with Gasteiger partial charge in [-0.2, -0.15) is 13.2 Å². The predicted octanol–water partition coefficient (Wildman–Crippen LogP) is 3.15. The van der Waals surface area contributed by atoms with Crippen LogP contribution in [0.15, 0.2) is 18.2 Å². The molecule has 0 aromatic heterocycles. The number of nitrogens with zero attached hydrogens (tertiary/aromatic N) is 1. The molecule has 0 spiro atoms. The lowest BCUT2D eigenvalue weighted by atomic mass is 9.99. The molecule has 23 heavy (non-hydrogen) atoms. The first kappa shape index (κ1) is 17.8. The van der Waals surface area contributed by atoms with Crippen LogP contribution in [0.1, 0.15) is 42.4 Å². The molecular weight excluding hydrogens is 305 g/mol. The summed E-state index contributed by atoms with van der Waals surface area (Å²) in [5.41, 5.74) is 5.35. The standard InChI is InChI=1S/C17H23F3N2O/c18-17(19,20)15-10-13(9-14(11-15)12-16(21)23)5-4-8-22-6-2-1-3-7-22/h9-11H,1-8,12H2,(H2,21,23). The molecule has 0 saturated carbocycles. The van der Waals surface area contributed by atoms with Crippen molar-refractivity contribution in [3.05, 3.63) is 34.9 Å². The number of carbonyl (C=O) groups excluding carboxylic acids is 1. The van der Waals surface area contributed by atoms with E-state index in [9.17, 15) is 18.0 Å². The second-order valence-electron chi connectivity index (χ2n) is 6.18. The second-order valence-corrected chi connectivity index (χ2v) is 6.18. The van der Waals surface area contributed by atoms with Crippen LogP contribution in [0.3, 0.4) is 0 Å². The molecule has 1 aliphatic rings. The summed E-state index contributed by atoms with van der Waals surface area (Å²) < 4.78 is 38.9. The summed E-state index contributed by atoms with van der Waals surface area (Å²) in [5.74, 6) is -0.622. The van der Waals surface area contributed by atoms with Gasteiger partial charge in [0, 0.05) is 0 Å². The maximum Gasteiger partial charge on any atom is 0.416 e. The summed E-state index contributed by atoms with van der Waals surface area (Å²) >= 11 is 0. The van der Waals surface area contributed by atoms with Crippen molar-refractivity contribution in [3.8, 4) is 0 Å². The molecule has 2 N–H and O–H groups in total. The van der Waals surface area contributed by atoms with Crippen molar-refractivity contribution in [2.45, 2.75) is 44.7 Å². The summed E-state index contributed by atoms with van der Waals surface area (Å²) in [7, 11) is 0. The zero-order chi connectivity index (χ0) is 16.9. The largest absolute Gasteiger partial charge is 0.416 e. The molecule has 6 heteroatoms. The van der Waals surface area contributed by atoms with E-state index in [4.69, 9.17) is 5.73 Å². The van der Waals surface area contributed by atoms with Crippen LogP contribution in [0.2, 0.25) is 0 Å². The minimum absolute atomic E-state index is 0.164. The molecule has 1 aliphatic heterocycles. The van der Waals surface area contributed by atoms with Crippen molar-refractivity contribution in [2.75, 3.05) is 19.6 Å². The van der Waals surface area contributed by atoms with Crippen molar-refractivity contribution < 1.29 is 18.0 Å². The van der Waals surface area contributed by atoms with Gasteiger partial charge in [0.1, 0.15) is 0 Å². The highest BCUT2D eigenvalue weighted by atomic mass is 19.4. The van der Waals surface area contributed by atoms with Crippen molar-refractivity contribution >= 4 is 5.91 Å². The van der Waals surface area contributed by atoms with Crippen LogP contribution in [-0.2, 0) is 23.8 Å². The molecule has 128 valence electrons. The number of primary amides is 1. The normalized spacial score (nSPS) is 16.5. The van der Waals surface area contributed by atoms with E-state index < -0.39 is 17.6 Å². The zero-order valence-electron chi connectivity index (χ0n) is 13.2. The first-order chi connectivity index (χ1) is 10.8. The Labute approximate surface area is 134 Å². The van der Waals surface area contributed by atoms with E-state index in [1.54, 1.807) is 6.07 Å². The van der Waals surface area contributed by atoms with E-state index >= 15 is 0 Å². The van der Waals surface area contributed by atoms with Gasteiger partial charge in [-0.25, -0.2) is 0 Å². The highest BCUT2D eigenvalue weighted by Crippen LogP contribution is 2.31. The third-order valence-electron chi connectivity index (χ3n) is 4.15. The zero-order valence-corrected chi connectivity index (χ0v) is 13.2. The van der Waals surface area contributed by atoms with Gasteiger partial charge in [-0.1, -0.05) is 12.5 Å². The SMILES string of the molecule is NC(=O)Cc1cc(CCCN2CCCCC2)cc(C(F)(F)F)c1. The maximum absolute atomic E-state index is 13.0. The predicted molar refractivity (Wildman–Crippen MR) is 83.0 cm³/mol. The topological polar surface area (TPSA) is 46.3 Å². The monoisotopic (exact) mass is 328 g/mol. The van der Waals surface area contributed by atoms with Crippen LogP contribution in [0, 0.1) is 0 Å². The van der Waals surface area contributed by atoms with E-state index in [0.29, 0.717) is 17.5 Å². The number of piperidine rings is 1. The number of hydrogen-bond acceptors (Lipinski definition) is 2. The number of halogens is 3. The van der Waals surface area contributed by atoms with E-state index in [0.717, 1.165) is 32.1 Å². The molecule has 1 aromatic carbocycles. The van der Waals surface area contributed by atoms with Crippen LogP contribution in [0.4, 0.5) is 13.2 Å². The summed E-state index contributed by atoms with van der Waals surface area (Å²) in [4.78, 5) is 13.4. The maximum atomic E-state index is 13.0. The van der Waals surface area contributed by atoms with Crippen LogP contribution in [-0.4, -0.2) is 30.4 Å². The lowest BCUT2D eigenvalue weighted by Crippen LogP contribution is -2.30. The number of aryl methyl sites for hydroxylation is 1. The Morgan fingerprint density at radius 1 is 1.09 bits per heavy atom. The molecule has 0 unspecified atom stereocenters. The number of benzene rings is 1. The van der Waals surface area contributed by atoms with Gasteiger partial charge >= 0.3 is 6.18 Å². The molecule has 1 heterocycles. The number of nitrogens with two attached hydrogens (primary N) is 1. The van der Waals surface area contributed by atoms with Gasteiger partial charge in [-0.3, -0.25) is 4.79 Å². The first-order valence-corrected chi connectivity index (χ1v) is 8.05. The Hall–Kier alpha value is -1.56. The van der Waals surface area contributed by atoms with Gasteiger partial charge < -0.3 is 10.6 Å². The van der Waals surface area contributed by atoms with Gasteiger partial charge in [0.25, 0.3) is 0 Å². The van der Waals surface area contributed by atoms with E-state index in [1.165, 1.54) is 25.3 Å². The van der Waals surface area contributed by atoms with Crippen LogP contribution in [0.5, 0.6) is 0 Å². The first-order valence-electron chi connectivity index (χ1n) is 8.05. The van der Waals surface area contributed by atoms with E-state index in [2.05, 4.69) is 4.90 Å². The highest BCUT2D eigenvalue weighted by Gasteiger charge is 2.31. The molecule has 3 nitrogen and oxygen atoms in total. The molecule has 0 aliphatic carbocycles. The lowest BCUT2D eigenvalue weighted by Gasteiger charge is -2.26. The Bertz CT molecular complexity index is 537. The number of rotatable bonds is 6. The van der Waals surface area contributed by atoms with Crippen LogP contribution >= 0.6 is 0 Å². The number of likely N-dealkylation sites (tertiary alicyclic amines) is 1. The third-order valence-corrected chi connectivity index (χ3v) is 4.15. The average molecular weight is 328 g/mol. The Morgan fingerprint density at radius 3 is 2.35 bits per heavy atom. The fourth-order valence-electron chi connectivity index (χ4n) is 3.06. The average Bonchev–Trinajstić information content (AvgIpc) is 2.46. The molecule has 1 fully saturated rings. The van der Waals surface area contributed by atoms with Crippen molar-refractivity contribution in [1.29, 1.82) is 0 Å². The summed E-state index contributed by atoms with van der Waals surface area (Å²) in [6.07, 6.45) is 0.487. The minimum atomic E-state index is -4.41. The van der Waals surface area contributed by atoms with Crippen molar-refractivity contribution in [3.63, 3.8) is 0 Å². The number of amides is 1.